The monoisotopic (exact) mass is 364 g/mol. The zero-order valence-electron chi connectivity index (χ0n) is 15.9. The van der Waals surface area contributed by atoms with Crippen LogP contribution in [0, 0.1) is 11.8 Å². The number of carbonyl (C=O) groups excluding carboxylic acids is 3. The second-order valence-electron chi connectivity index (χ2n) is 7.96. The molecular weight excluding hydrogens is 336 g/mol. The largest absolute Gasteiger partial charge is 0.461 e. The predicted octanol–water partition coefficient (Wildman–Crippen LogP) is 2.49. The van der Waals surface area contributed by atoms with E-state index in [4.69, 9.17) is 9.47 Å². The van der Waals surface area contributed by atoms with Crippen molar-refractivity contribution >= 4 is 17.7 Å². The van der Waals surface area contributed by atoms with E-state index in [2.05, 4.69) is 6.58 Å². The van der Waals surface area contributed by atoms with E-state index in [9.17, 15) is 19.5 Å². The summed E-state index contributed by atoms with van der Waals surface area (Å²) in [7, 11) is 0. The number of carbonyl (C=O) groups is 3. The Morgan fingerprint density at radius 1 is 1.42 bits per heavy atom. The van der Waals surface area contributed by atoms with Gasteiger partial charge in [0.05, 0.1) is 5.92 Å². The third kappa shape index (κ3) is 4.61. The molecule has 26 heavy (non-hydrogen) atoms. The number of aliphatic hydroxyl groups is 1. The molecule has 0 aromatic heterocycles. The van der Waals surface area contributed by atoms with Crippen molar-refractivity contribution in [1.82, 2.24) is 0 Å². The van der Waals surface area contributed by atoms with Gasteiger partial charge in [-0.3, -0.25) is 9.59 Å². The van der Waals surface area contributed by atoms with E-state index in [1.807, 2.05) is 20.8 Å². The molecule has 1 heterocycles. The highest BCUT2D eigenvalue weighted by Crippen LogP contribution is 2.37. The first kappa shape index (κ1) is 20.4. The second-order valence-corrected chi connectivity index (χ2v) is 7.96. The van der Waals surface area contributed by atoms with E-state index >= 15 is 0 Å². The van der Waals surface area contributed by atoms with Crippen molar-refractivity contribution in [3.63, 3.8) is 0 Å². The van der Waals surface area contributed by atoms with Crippen LogP contribution in [0.15, 0.2) is 23.8 Å². The zero-order chi connectivity index (χ0) is 19.6. The highest BCUT2D eigenvalue weighted by Gasteiger charge is 2.48. The number of allylic oxidation sites excluding steroid dienone is 1. The van der Waals surface area contributed by atoms with Crippen molar-refractivity contribution in [3.05, 3.63) is 23.8 Å². The van der Waals surface area contributed by atoms with Gasteiger partial charge in [0.1, 0.15) is 17.8 Å². The number of ether oxygens (including phenoxy) is 2. The maximum absolute atomic E-state index is 12.4. The van der Waals surface area contributed by atoms with Gasteiger partial charge in [-0.25, -0.2) is 4.79 Å². The van der Waals surface area contributed by atoms with Gasteiger partial charge in [0, 0.05) is 24.8 Å². The van der Waals surface area contributed by atoms with Crippen LogP contribution in [-0.2, 0) is 23.9 Å². The molecule has 0 bridgehead atoms. The SMILES string of the molecule is C=C1C(=O)O[C@@H]2/C=C(\C)CCC(=O)[C@](C)(O)C[C@@H](OC(=O)CC(C)C)[C@@H]12. The Hall–Kier alpha value is -1.95. The van der Waals surface area contributed by atoms with E-state index < -0.39 is 35.7 Å². The van der Waals surface area contributed by atoms with Crippen molar-refractivity contribution in [2.45, 2.75) is 71.2 Å². The molecule has 1 aliphatic carbocycles. The molecule has 1 N–H and O–H groups in total. The van der Waals surface area contributed by atoms with Gasteiger partial charge < -0.3 is 14.6 Å². The third-order valence-electron chi connectivity index (χ3n) is 4.91. The first-order valence-electron chi connectivity index (χ1n) is 9.03. The molecule has 1 aliphatic heterocycles. The van der Waals surface area contributed by atoms with E-state index in [0.717, 1.165) is 5.57 Å². The quantitative estimate of drug-likeness (QED) is 0.470. The van der Waals surface area contributed by atoms with Gasteiger partial charge in [-0.15, -0.1) is 0 Å². The number of ketones is 1. The molecule has 0 spiro atoms. The minimum Gasteiger partial charge on any atom is -0.461 e. The van der Waals surface area contributed by atoms with Crippen LogP contribution in [-0.4, -0.2) is 40.6 Å². The summed E-state index contributed by atoms with van der Waals surface area (Å²) in [6.07, 6.45) is 1.06. The van der Waals surface area contributed by atoms with Gasteiger partial charge in [0.15, 0.2) is 5.78 Å². The maximum Gasteiger partial charge on any atom is 0.334 e. The summed E-state index contributed by atoms with van der Waals surface area (Å²) in [6, 6.07) is 0. The summed E-state index contributed by atoms with van der Waals surface area (Å²) < 4.78 is 11.0. The summed E-state index contributed by atoms with van der Waals surface area (Å²) in [6.45, 7) is 10.8. The Morgan fingerprint density at radius 3 is 2.69 bits per heavy atom. The number of fused-ring (bicyclic) bond motifs is 1. The highest BCUT2D eigenvalue weighted by atomic mass is 16.6. The molecule has 1 fully saturated rings. The van der Waals surface area contributed by atoms with Crippen LogP contribution in [0.25, 0.3) is 0 Å². The molecule has 1 saturated heterocycles. The summed E-state index contributed by atoms with van der Waals surface area (Å²) in [5.74, 6) is -1.81. The van der Waals surface area contributed by atoms with Gasteiger partial charge in [0.2, 0.25) is 0 Å². The molecule has 0 amide bonds. The Kier molecular flexibility index (Phi) is 6.06. The van der Waals surface area contributed by atoms with Crippen molar-refractivity contribution in [1.29, 1.82) is 0 Å². The van der Waals surface area contributed by atoms with Gasteiger partial charge in [-0.2, -0.15) is 0 Å². The molecule has 0 aromatic carbocycles. The normalized spacial score (nSPS) is 34.8. The van der Waals surface area contributed by atoms with Crippen molar-refractivity contribution in [2.24, 2.45) is 11.8 Å². The number of hydrogen-bond acceptors (Lipinski definition) is 6. The van der Waals surface area contributed by atoms with E-state index in [-0.39, 0.29) is 36.5 Å². The van der Waals surface area contributed by atoms with E-state index in [1.165, 1.54) is 6.92 Å². The molecule has 144 valence electrons. The van der Waals surface area contributed by atoms with Gasteiger partial charge in [-0.05, 0) is 32.3 Å². The molecule has 6 nitrogen and oxygen atoms in total. The van der Waals surface area contributed by atoms with Crippen LogP contribution in [0.5, 0.6) is 0 Å². The van der Waals surface area contributed by atoms with Crippen molar-refractivity contribution in [3.8, 4) is 0 Å². The highest BCUT2D eigenvalue weighted by molar-refractivity contribution is 5.91. The lowest BCUT2D eigenvalue weighted by atomic mass is 9.80. The smallest absolute Gasteiger partial charge is 0.334 e. The van der Waals surface area contributed by atoms with Crippen molar-refractivity contribution < 1.29 is 29.0 Å². The average molecular weight is 364 g/mol. The van der Waals surface area contributed by atoms with Crippen LogP contribution in [0.4, 0.5) is 0 Å². The molecule has 2 rings (SSSR count). The number of rotatable bonds is 3. The lowest BCUT2D eigenvalue weighted by Crippen LogP contribution is -2.44. The fourth-order valence-electron chi connectivity index (χ4n) is 3.42. The van der Waals surface area contributed by atoms with Crippen LogP contribution in [0.1, 0.15) is 53.4 Å². The van der Waals surface area contributed by atoms with Gasteiger partial charge in [0.25, 0.3) is 0 Å². The molecule has 2 aliphatic rings. The predicted molar refractivity (Wildman–Crippen MR) is 95.1 cm³/mol. The topological polar surface area (TPSA) is 89.9 Å². The molecule has 4 atom stereocenters. The first-order valence-corrected chi connectivity index (χ1v) is 9.03. The minimum atomic E-state index is -1.66. The van der Waals surface area contributed by atoms with E-state index in [1.54, 1.807) is 6.08 Å². The van der Waals surface area contributed by atoms with Crippen LogP contribution in [0.2, 0.25) is 0 Å². The van der Waals surface area contributed by atoms with E-state index in [0.29, 0.717) is 6.42 Å². The fourth-order valence-corrected chi connectivity index (χ4v) is 3.42. The number of Topliss-reactive ketones (excluding diaryl/α,β-unsaturated/α-hetero) is 1. The second kappa shape index (κ2) is 7.74. The number of hydrogen-bond donors (Lipinski definition) is 1. The fraction of sp³-hybridized carbons (Fsp3) is 0.650. The molecular formula is C20H28O6. The van der Waals surface area contributed by atoms with Crippen LogP contribution >= 0.6 is 0 Å². The third-order valence-corrected chi connectivity index (χ3v) is 4.91. The van der Waals surface area contributed by atoms with Crippen molar-refractivity contribution in [2.75, 3.05) is 0 Å². The first-order chi connectivity index (χ1) is 12.0. The summed E-state index contributed by atoms with van der Waals surface area (Å²) in [5.41, 5.74) is -0.581. The zero-order valence-corrected chi connectivity index (χ0v) is 15.9. The Bertz CT molecular complexity index is 643. The summed E-state index contributed by atoms with van der Waals surface area (Å²) in [5, 5.41) is 10.7. The summed E-state index contributed by atoms with van der Waals surface area (Å²) in [4.78, 5) is 36.7. The lowest BCUT2D eigenvalue weighted by Gasteiger charge is -2.33. The molecule has 0 unspecified atom stereocenters. The maximum atomic E-state index is 12.4. The minimum absolute atomic E-state index is 0.0978. The van der Waals surface area contributed by atoms with Gasteiger partial charge in [-0.1, -0.05) is 26.0 Å². The number of esters is 2. The summed E-state index contributed by atoms with van der Waals surface area (Å²) >= 11 is 0. The molecule has 0 radical (unpaired) electrons. The molecule has 6 heteroatoms. The lowest BCUT2D eigenvalue weighted by molar-refractivity contribution is -0.160. The molecule has 0 aromatic rings. The van der Waals surface area contributed by atoms with Crippen LogP contribution < -0.4 is 0 Å². The average Bonchev–Trinajstić information content (AvgIpc) is 2.76. The Labute approximate surface area is 154 Å². The Morgan fingerprint density at radius 2 is 2.08 bits per heavy atom. The van der Waals surface area contributed by atoms with Crippen LogP contribution in [0.3, 0.4) is 0 Å². The molecule has 0 saturated carbocycles. The van der Waals surface area contributed by atoms with Gasteiger partial charge >= 0.3 is 11.9 Å². The Balaban J connectivity index is 2.41. The standard InChI is InChI=1S/C20H28O6/c1-11(2)8-17(22)25-15-10-20(5,24)16(21)7-6-12(3)9-14-18(15)13(4)19(23)26-14/h9,11,14-15,18,24H,4,6-8,10H2,1-3,5H3/b12-9+/t14-,15-,18+,20-/m1/s1.